The lowest BCUT2D eigenvalue weighted by Crippen LogP contribution is -2.08. The summed E-state index contributed by atoms with van der Waals surface area (Å²) < 4.78 is 4.62. The molecule has 1 rings (SSSR count). The standard InChI is InChI=1S/C6H8N2O2/c1-2-5(9)8-6-3-4-7-10-6/h3-4H,2H2,1H3,(H,8,9). The number of rotatable bonds is 2. The van der Waals surface area contributed by atoms with Gasteiger partial charge in [0.15, 0.2) is 0 Å². The fourth-order valence-electron chi connectivity index (χ4n) is 0.506. The van der Waals surface area contributed by atoms with Crippen LogP contribution < -0.4 is 5.32 Å². The van der Waals surface area contributed by atoms with Gasteiger partial charge in [0.05, 0.1) is 6.20 Å². The fraction of sp³-hybridized carbons (Fsp3) is 0.333. The van der Waals surface area contributed by atoms with Gasteiger partial charge in [0.25, 0.3) is 0 Å². The third kappa shape index (κ3) is 1.58. The molecule has 0 unspecified atom stereocenters. The quantitative estimate of drug-likeness (QED) is 0.667. The zero-order chi connectivity index (χ0) is 7.40. The third-order valence-electron chi connectivity index (χ3n) is 1.02. The predicted molar refractivity (Wildman–Crippen MR) is 35.4 cm³/mol. The molecule has 0 aromatic carbocycles. The Bertz CT molecular complexity index is 206. The summed E-state index contributed by atoms with van der Waals surface area (Å²) in [6.07, 6.45) is 1.92. The summed E-state index contributed by atoms with van der Waals surface area (Å²) >= 11 is 0. The SMILES string of the molecule is CCC(=O)Nc1ccno1. The number of anilines is 1. The Balaban J connectivity index is 2.48. The van der Waals surface area contributed by atoms with Gasteiger partial charge in [0, 0.05) is 12.5 Å². The monoisotopic (exact) mass is 140 g/mol. The lowest BCUT2D eigenvalue weighted by atomic mass is 10.4. The molecule has 54 valence electrons. The molecule has 1 N–H and O–H groups in total. The predicted octanol–water partition coefficient (Wildman–Crippen LogP) is 1.02. The second kappa shape index (κ2) is 3.00. The maximum atomic E-state index is 10.7. The van der Waals surface area contributed by atoms with E-state index in [4.69, 9.17) is 0 Å². The second-order valence-electron chi connectivity index (χ2n) is 1.78. The first-order valence-corrected chi connectivity index (χ1v) is 3.03. The molecule has 1 aromatic rings. The van der Waals surface area contributed by atoms with E-state index in [1.165, 1.54) is 6.20 Å². The van der Waals surface area contributed by atoms with Crippen LogP contribution in [0.5, 0.6) is 0 Å². The van der Waals surface area contributed by atoms with Gasteiger partial charge in [-0.1, -0.05) is 12.1 Å². The number of aromatic nitrogens is 1. The summed E-state index contributed by atoms with van der Waals surface area (Å²) in [5, 5.41) is 5.92. The number of amides is 1. The smallest absolute Gasteiger partial charge is 0.231 e. The molecule has 1 amide bonds. The van der Waals surface area contributed by atoms with E-state index >= 15 is 0 Å². The molecule has 0 radical (unpaired) electrons. The number of nitrogens with one attached hydrogen (secondary N) is 1. The lowest BCUT2D eigenvalue weighted by molar-refractivity contribution is -0.116. The molecule has 4 nitrogen and oxygen atoms in total. The minimum Gasteiger partial charge on any atom is -0.338 e. The van der Waals surface area contributed by atoms with Gasteiger partial charge in [0.1, 0.15) is 0 Å². The van der Waals surface area contributed by atoms with Gasteiger partial charge in [-0.2, -0.15) is 0 Å². The van der Waals surface area contributed by atoms with Crippen LogP contribution in [0, 0.1) is 0 Å². The van der Waals surface area contributed by atoms with Crippen molar-refractivity contribution in [3.05, 3.63) is 12.3 Å². The Kier molecular flexibility index (Phi) is 2.04. The summed E-state index contributed by atoms with van der Waals surface area (Å²) in [4.78, 5) is 10.7. The van der Waals surface area contributed by atoms with Gasteiger partial charge < -0.3 is 4.52 Å². The van der Waals surface area contributed by atoms with Crippen LogP contribution in [-0.2, 0) is 4.79 Å². The first-order valence-electron chi connectivity index (χ1n) is 3.03. The van der Waals surface area contributed by atoms with Gasteiger partial charge in [0.2, 0.25) is 11.8 Å². The topological polar surface area (TPSA) is 55.1 Å². The van der Waals surface area contributed by atoms with Crippen molar-refractivity contribution in [1.82, 2.24) is 5.16 Å². The van der Waals surface area contributed by atoms with Crippen molar-refractivity contribution < 1.29 is 9.32 Å². The highest BCUT2D eigenvalue weighted by Gasteiger charge is 1.99. The van der Waals surface area contributed by atoms with Crippen molar-refractivity contribution >= 4 is 11.8 Å². The zero-order valence-corrected chi connectivity index (χ0v) is 5.63. The second-order valence-corrected chi connectivity index (χ2v) is 1.78. The highest BCUT2D eigenvalue weighted by atomic mass is 16.5. The lowest BCUT2D eigenvalue weighted by Gasteiger charge is -1.94. The Morgan fingerprint density at radius 1 is 1.90 bits per heavy atom. The minimum absolute atomic E-state index is 0.0725. The van der Waals surface area contributed by atoms with E-state index in [0.29, 0.717) is 12.3 Å². The van der Waals surface area contributed by atoms with Crippen molar-refractivity contribution in [2.75, 3.05) is 5.32 Å². The van der Waals surface area contributed by atoms with Crippen molar-refractivity contribution in [3.8, 4) is 0 Å². The van der Waals surface area contributed by atoms with Crippen LogP contribution in [0.25, 0.3) is 0 Å². The molecule has 0 spiro atoms. The highest BCUT2D eigenvalue weighted by molar-refractivity contribution is 5.88. The van der Waals surface area contributed by atoms with Crippen LogP contribution in [0.4, 0.5) is 5.88 Å². The fourth-order valence-corrected chi connectivity index (χ4v) is 0.506. The minimum atomic E-state index is -0.0725. The first-order chi connectivity index (χ1) is 4.83. The van der Waals surface area contributed by atoms with E-state index in [1.807, 2.05) is 0 Å². The van der Waals surface area contributed by atoms with Crippen LogP contribution in [0.15, 0.2) is 16.8 Å². The van der Waals surface area contributed by atoms with E-state index in [-0.39, 0.29) is 5.91 Å². The molecule has 0 saturated carbocycles. The number of nitrogens with zero attached hydrogens (tertiary/aromatic N) is 1. The molecule has 1 heterocycles. The maximum Gasteiger partial charge on any atom is 0.231 e. The Hall–Kier alpha value is -1.32. The van der Waals surface area contributed by atoms with Crippen LogP contribution in [0.2, 0.25) is 0 Å². The molecule has 0 aliphatic heterocycles. The zero-order valence-electron chi connectivity index (χ0n) is 5.63. The van der Waals surface area contributed by atoms with Crippen molar-refractivity contribution in [2.45, 2.75) is 13.3 Å². The van der Waals surface area contributed by atoms with Gasteiger partial charge in [-0.15, -0.1) is 0 Å². The molecule has 10 heavy (non-hydrogen) atoms. The molecule has 1 aromatic heterocycles. The van der Waals surface area contributed by atoms with Gasteiger partial charge in [-0.3, -0.25) is 10.1 Å². The number of hydrogen-bond donors (Lipinski definition) is 1. The molecule has 0 saturated heterocycles. The normalized spacial score (nSPS) is 9.30. The molecular weight excluding hydrogens is 132 g/mol. The molecule has 0 aliphatic carbocycles. The van der Waals surface area contributed by atoms with Crippen molar-refractivity contribution in [3.63, 3.8) is 0 Å². The van der Waals surface area contributed by atoms with Crippen LogP contribution in [0.3, 0.4) is 0 Å². The third-order valence-corrected chi connectivity index (χ3v) is 1.02. The largest absolute Gasteiger partial charge is 0.338 e. The molecular formula is C6H8N2O2. The van der Waals surface area contributed by atoms with Crippen LogP contribution in [-0.4, -0.2) is 11.1 Å². The molecule has 4 heteroatoms. The summed E-state index contributed by atoms with van der Waals surface area (Å²) in [6, 6.07) is 1.59. The van der Waals surface area contributed by atoms with E-state index < -0.39 is 0 Å². The summed E-state index contributed by atoms with van der Waals surface area (Å²) in [5.74, 6) is 0.323. The number of hydrogen-bond acceptors (Lipinski definition) is 3. The van der Waals surface area contributed by atoms with Crippen LogP contribution in [0.1, 0.15) is 13.3 Å². The van der Waals surface area contributed by atoms with Gasteiger partial charge in [-0.25, -0.2) is 0 Å². The van der Waals surface area contributed by atoms with E-state index in [9.17, 15) is 4.79 Å². The summed E-state index contributed by atoms with van der Waals surface area (Å²) in [6.45, 7) is 1.77. The number of carbonyl (C=O) groups is 1. The Labute approximate surface area is 58.2 Å². The van der Waals surface area contributed by atoms with Crippen molar-refractivity contribution in [1.29, 1.82) is 0 Å². The molecule has 0 atom stereocenters. The van der Waals surface area contributed by atoms with Gasteiger partial charge >= 0.3 is 0 Å². The van der Waals surface area contributed by atoms with Gasteiger partial charge in [-0.05, 0) is 0 Å². The Morgan fingerprint density at radius 2 is 2.70 bits per heavy atom. The average molecular weight is 140 g/mol. The van der Waals surface area contributed by atoms with E-state index in [0.717, 1.165) is 0 Å². The van der Waals surface area contributed by atoms with E-state index in [2.05, 4.69) is 15.0 Å². The van der Waals surface area contributed by atoms with Crippen molar-refractivity contribution in [2.24, 2.45) is 0 Å². The Morgan fingerprint density at radius 3 is 3.20 bits per heavy atom. The molecule has 0 fully saturated rings. The molecule has 0 bridgehead atoms. The average Bonchev–Trinajstić information content (AvgIpc) is 2.40. The summed E-state index contributed by atoms with van der Waals surface area (Å²) in [5.41, 5.74) is 0. The van der Waals surface area contributed by atoms with Crippen LogP contribution >= 0.6 is 0 Å². The summed E-state index contributed by atoms with van der Waals surface area (Å²) in [7, 11) is 0. The highest BCUT2D eigenvalue weighted by Crippen LogP contribution is 2.03. The maximum absolute atomic E-state index is 10.7. The van der Waals surface area contributed by atoms with E-state index in [1.54, 1.807) is 13.0 Å². The first kappa shape index (κ1) is 6.80. The number of carbonyl (C=O) groups excluding carboxylic acids is 1. The molecule has 0 aliphatic rings.